The molecule has 0 amide bonds. The Labute approximate surface area is 333 Å². The number of aromatic nitrogens is 4. The van der Waals surface area contributed by atoms with Crippen LogP contribution in [0.15, 0.2) is 12.7 Å². The summed E-state index contributed by atoms with van der Waals surface area (Å²) in [5.74, 6) is 0.116. The van der Waals surface area contributed by atoms with Gasteiger partial charge in [-0.25, -0.2) is 28.1 Å². The summed E-state index contributed by atoms with van der Waals surface area (Å²) < 4.78 is 51.5. The number of phosphoric acid groups is 3. The quantitative estimate of drug-likeness (QED) is 0.0742. The van der Waals surface area contributed by atoms with Crippen molar-refractivity contribution in [2.75, 3.05) is 51.6 Å². The zero-order valence-electron chi connectivity index (χ0n) is 34.3. The molecule has 1 fully saturated rings. The molecule has 22 heteroatoms. The number of nitrogens with two attached hydrogens (primary N) is 1. The third kappa shape index (κ3) is 22.1. The Morgan fingerprint density at radius 3 is 1.64 bits per heavy atom. The van der Waals surface area contributed by atoms with E-state index in [1.54, 1.807) is 0 Å². The number of hydrogen-bond donors (Lipinski definition) is 6. The smallest absolute Gasteiger partial charge is 0.478 e. The lowest BCUT2D eigenvalue weighted by molar-refractivity contribution is -0.900. The Morgan fingerprint density at radius 1 is 0.786 bits per heavy atom. The Bertz CT molecular complexity index is 1430. The number of nitrogens with one attached hydrogen (secondary N) is 2. The van der Waals surface area contributed by atoms with E-state index in [-0.39, 0.29) is 17.8 Å². The Morgan fingerprint density at radius 2 is 1.23 bits per heavy atom. The van der Waals surface area contributed by atoms with Crippen molar-refractivity contribution in [2.24, 2.45) is 0 Å². The molecule has 0 saturated carbocycles. The predicted molar refractivity (Wildman–Crippen MR) is 210 cm³/mol. The molecule has 0 bridgehead atoms. The van der Waals surface area contributed by atoms with Gasteiger partial charge in [-0.3, -0.25) is 18.2 Å². The number of phosphoric ester groups is 1. The Hall–Kier alpha value is -1.40. The second kappa shape index (κ2) is 28.1. The molecule has 328 valence electrons. The minimum atomic E-state index is -5.95. The maximum atomic E-state index is 11.7. The lowest BCUT2D eigenvalue weighted by atomic mass is 10.2. The van der Waals surface area contributed by atoms with Crippen molar-refractivity contribution < 1.29 is 66.1 Å². The van der Waals surface area contributed by atoms with Gasteiger partial charge in [-0.1, -0.05) is 80.1 Å². The number of aliphatic hydroxyl groups is 1. The van der Waals surface area contributed by atoms with Gasteiger partial charge in [0, 0.05) is 6.42 Å². The minimum absolute atomic E-state index is 0.0208. The van der Waals surface area contributed by atoms with Gasteiger partial charge in [0.05, 0.1) is 58.3 Å². The number of fused-ring (bicyclic) bond motifs is 1. The van der Waals surface area contributed by atoms with E-state index < -0.39 is 48.5 Å². The molecular weight excluding hydrogens is 791 g/mol. The lowest BCUT2D eigenvalue weighted by Gasteiger charge is -2.28. The molecule has 2 aromatic rings. The van der Waals surface area contributed by atoms with Crippen LogP contribution < -0.4 is 25.3 Å². The maximum Gasteiger partial charge on any atom is 0.478 e. The number of quaternary nitrogens is 2. The summed E-state index contributed by atoms with van der Waals surface area (Å²) in [6.07, 6.45) is 15.8. The van der Waals surface area contributed by atoms with E-state index in [4.69, 9.17) is 15.4 Å². The average molecular weight is 862 g/mol. The normalized spacial score (nSPS) is 20.2. The molecule has 6 atom stereocenters. The van der Waals surface area contributed by atoms with E-state index in [2.05, 4.69) is 69.6 Å². The molecule has 3 unspecified atom stereocenters. The summed E-state index contributed by atoms with van der Waals surface area (Å²) in [6, 6.07) is 0. The number of unbranched alkanes of at least 4 members (excludes halogenated alkanes) is 6. The number of ether oxygens (including phenoxy) is 1. The van der Waals surface area contributed by atoms with Gasteiger partial charge in [0.1, 0.15) is 24.2 Å². The van der Waals surface area contributed by atoms with Crippen LogP contribution in [0.3, 0.4) is 0 Å². The van der Waals surface area contributed by atoms with Crippen molar-refractivity contribution in [3.63, 3.8) is 0 Å². The highest BCUT2D eigenvalue weighted by Crippen LogP contribution is 2.63. The van der Waals surface area contributed by atoms with Crippen molar-refractivity contribution in [1.82, 2.24) is 19.5 Å². The third-order valence-electron chi connectivity index (χ3n) is 9.01. The fraction of sp³-hybridized carbons (Fsp3) is 0.853. The number of rotatable bonds is 26. The van der Waals surface area contributed by atoms with Crippen LogP contribution in [0.1, 0.15) is 131 Å². The largest absolute Gasteiger partial charge is 0.756 e. The molecule has 56 heavy (non-hydrogen) atoms. The summed E-state index contributed by atoms with van der Waals surface area (Å²) in [4.78, 5) is 54.9. The molecule has 3 rings (SSSR count). The molecule has 3 heterocycles. The molecule has 1 saturated heterocycles. The van der Waals surface area contributed by atoms with Gasteiger partial charge in [-0.2, -0.15) is 0 Å². The van der Waals surface area contributed by atoms with Gasteiger partial charge >= 0.3 is 7.82 Å². The van der Waals surface area contributed by atoms with Crippen LogP contribution in [0.4, 0.5) is 5.82 Å². The van der Waals surface area contributed by atoms with Crippen LogP contribution in [0.2, 0.25) is 0 Å². The first kappa shape index (κ1) is 52.6. The van der Waals surface area contributed by atoms with Crippen LogP contribution >= 0.6 is 23.5 Å². The van der Waals surface area contributed by atoms with E-state index in [0.717, 1.165) is 0 Å². The number of hydrogen-bond acceptors (Lipinski definition) is 14. The number of nitrogens with zero attached hydrogens (tertiary/aromatic N) is 4. The summed E-state index contributed by atoms with van der Waals surface area (Å²) in [6.45, 7) is 21.3. The van der Waals surface area contributed by atoms with Crippen LogP contribution in [-0.2, 0) is 31.6 Å². The maximum absolute atomic E-state index is 11.7. The van der Waals surface area contributed by atoms with E-state index >= 15 is 0 Å². The van der Waals surface area contributed by atoms with Crippen LogP contribution in [-0.4, -0.2) is 92.5 Å². The summed E-state index contributed by atoms with van der Waals surface area (Å²) in [5.41, 5.74) is 6.27. The van der Waals surface area contributed by atoms with E-state index in [0.29, 0.717) is 5.65 Å². The molecule has 2 aromatic heterocycles. The van der Waals surface area contributed by atoms with Gasteiger partial charge in [0.2, 0.25) is 0 Å². The summed E-state index contributed by atoms with van der Waals surface area (Å²) in [5, 5.41) is 10.1. The van der Waals surface area contributed by atoms with Gasteiger partial charge in [0.15, 0.2) is 11.5 Å². The monoisotopic (exact) mass is 861 g/mol. The zero-order chi connectivity index (χ0) is 42.2. The summed E-state index contributed by atoms with van der Waals surface area (Å²) in [7, 11) is -17.2. The highest BCUT2D eigenvalue weighted by atomic mass is 31.3. The second-order valence-corrected chi connectivity index (χ2v) is 18.3. The van der Waals surface area contributed by atoms with Crippen molar-refractivity contribution in [3.05, 3.63) is 12.7 Å². The first-order chi connectivity index (χ1) is 26.5. The van der Waals surface area contributed by atoms with Crippen LogP contribution in [0.25, 0.3) is 11.2 Å². The molecule has 1 aliphatic rings. The predicted octanol–water partition coefficient (Wildman–Crippen LogP) is 2.68. The van der Waals surface area contributed by atoms with E-state index in [1.807, 2.05) is 9.80 Å². The topological polar surface area (TPSA) is 273 Å². The fourth-order valence-electron chi connectivity index (χ4n) is 5.89. The highest BCUT2D eigenvalue weighted by molar-refractivity contribution is 7.65. The Balaban J connectivity index is 0.000000501. The van der Waals surface area contributed by atoms with Gasteiger partial charge < -0.3 is 45.0 Å². The van der Waals surface area contributed by atoms with Crippen molar-refractivity contribution in [2.45, 2.75) is 143 Å². The number of imidazole rings is 1. The SMILES string of the molecule is CCCC[NH+](CCCC)CCCC.CCCC[NH+](CCCC)CCCC.Nc1ncnc2c1ncn2[C@H]1C[C@H](O)[C@@H](COP(=O)(O)OP(=O)([O-])OP(=O)([O-])O)O1. The summed E-state index contributed by atoms with van der Waals surface area (Å²) >= 11 is 0. The minimum Gasteiger partial charge on any atom is -0.756 e. The molecular formula is C34H70N7O12P3. The van der Waals surface area contributed by atoms with Crippen LogP contribution in [0.5, 0.6) is 0 Å². The highest BCUT2D eigenvalue weighted by Gasteiger charge is 2.39. The van der Waals surface area contributed by atoms with Crippen molar-refractivity contribution >= 4 is 40.4 Å². The lowest BCUT2D eigenvalue weighted by Crippen LogP contribution is -3.12. The second-order valence-electron chi connectivity index (χ2n) is 14.0. The first-order valence-electron chi connectivity index (χ1n) is 20.1. The van der Waals surface area contributed by atoms with Crippen molar-refractivity contribution in [1.29, 1.82) is 0 Å². The number of nitrogen functional groups attached to an aromatic ring is 1. The van der Waals surface area contributed by atoms with Gasteiger partial charge in [-0.05, 0) is 38.5 Å². The van der Waals surface area contributed by atoms with Crippen molar-refractivity contribution in [3.8, 4) is 0 Å². The molecule has 7 N–H and O–H groups in total. The first-order valence-corrected chi connectivity index (χ1v) is 24.6. The zero-order valence-corrected chi connectivity index (χ0v) is 36.9. The molecule has 19 nitrogen and oxygen atoms in total. The third-order valence-corrected chi connectivity index (χ3v) is 12.7. The average Bonchev–Trinajstić information content (AvgIpc) is 3.73. The van der Waals surface area contributed by atoms with Gasteiger partial charge in [0.25, 0.3) is 15.6 Å². The molecule has 0 spiro atoms. The molecule has 1 aliphatic heterocycles. The Kier molecular flexibility index (Phi) is 26.4. The van der Waals surface area contributed by atoms with Gasteiger partial charge in [-0.15, -0.1) is 0 Å². The number of aliphatic hydroxyl groups excluding tert-OH is 1. The molecule has 0 aromatic carbocycles. The molecule has 0 radical (unpaired) electrons. The molecule has 0 aliphatic carbocycles. The fourth-order valence-corrected chi connectivity index (χ4v) is 8.82. The standard InChI is InChI=1S/2C12H27N.C10H16N5O12P3/c2*1-4-7-10-13(11-8-5-2)12-9-6-3;11-9-8-10(13-3-12-9)15(4-14-8)7-1-5(16)6(25-7)2-24-29(20,21)27-30(22,23)26-28(17,18)19/h2*4-12H2,1-3H3;3-7,16H,1-2H2,(H,20,21)(H,22,23)(H2,11,12,13)(H2,17,18,19)/t;;5-,6+,7+/m..0/s1. The van der Waals surface area contributed by atoms with E-state index in [9.17, 15) is 33.5 Å². The van der Waals surface area contributed by atoms with Crippen LogP contribution in [0, 0.1) is 0 Å². The van der Waals surface area contributed by atoms with E-state index in [1.165, 1.54) is 134 Å². The number of anilines is 1.